The van der Waals surface area contributed by atoms with E-state index >= 15 is 0 Å². The highest BCUT2D eigenvalue weighted by atomic mass is 16.5. The lowest BCUT2D eigenvalue weighted by atomic mass is 10.1. The Bertz CT molecular complexity index is 579. The Hall–Kier alpha value is -2.28. The molecule has 0 fully saturated rings. The van der Waals surface area contributed by atoms with Crippen LogP contribution in [0.15, 0.2) is 18.7 Å². The number of aryl methyl sites for hydroxylation is 1. The maximum atomic E-state index is 11.7. The third kappa shape index (κ3) is 1.95. The monoisotopic (exact) mass is 248 g/mol. The Morgan fingerprint density at radius 1 is 1.50 bits per heavy atom. The minimum atomic E-state index is -0.583. The predicted octanol–water partition coefficient (Wildman–Crippen LogP) is 0.0607. The summed E-state index contributed by atoms with van der Waals surface area (Å²) >= 11 is 0. The normalized spacial score (nSPS) is 10.4. The molecule has 0 unspecified atom stereocenters. The number of Topliss-reactive ketones (excluding diaryl/α,β-unsaturated/α-hetero) is 1. The third-order valence-corrected chi connectivity index (χ3v) is 2.50. The van der Waals surface area contributed by atoms with E-state index < -0.39 is 12.4 Å². The first kappa shape index (κ1) is 12.2. The van der Waals surface area contributed by atoms with Crippen molar-refractivity contribution in [3.8, 4) is 17.0 Å². The molecule has 0 saturated heterocycles. The molecule has 94 valence electrons. The van der Waals surface area contributed by atoms with Gasteiger partial charge in [-0.1, -0.05) is 0 Å². The second kappa shape index (κ2) is 4.92. The lowest BCUT2D eigenvalue weighted by Gasteiger charge is -2.06. The molecule has 0 atom stereocenters. The fraction of sp³-hybridized carbons (Fsp3) is 0.273. The summed E-state index contributed by atoms with van der Waals surface area (Å²) in [5.74, 6) is 0.0168. The summed E-state index contributed by atoms with van der Waals surface area (Å²) in [7, 11) is 3.12. The number of carbonyl (C=O) groups excluding carboxylic acids is 1. The van der Waals surface area contributed by atoms with E-state index in [9.17, 15) is 4.79 Å². The van der Waals surface area contributed by atoms with Crippen LogP contribution in [0.3, 0.4) is 0 Å². The molecule has 0 bridgehead atoms. The number of rotatable bonds is 4. The molecule has 18 heavy (non-hydrogen) atoms. The van der Waals surface area contributed by atoms with Crippen LogP contribution in [0.2, 0.25) is 0 Å². The van der Waals surface area contributed by atoms with Crippen LogP contribution in [0.1, 0.15) is 10.5 Å². The smallest absolute Gasteiger partial charge is 0.206 e. The zero-order chi connectivity index (χ0) is 13.1. The van der Waals surface area contributed by atoms with Crippen molar-refractivity contribution in [2.75, 3.05) is 13.7 Å². The van der Waals surface area contributed by atoms with Gasteiger partial charge >= 0.3 is 0 Å². The van der Waals surface area contributed by atoms with Gasteiger partial charge in [-0.25, -0.2) is 9.97 Å². The summed E-state index contributed by atoms with van der Waals surface area (Å²) in [4.78, 5) is 19.6. The zero-order valence-corrected chi connectivity index (χ0v) is 9.99. The minimum absolute atomic E-state index is 0.287. The second-order valence-corrected chi connectivity index (χ2v) is 3.55. The van der Waals surface area contributed by atoms with E-state index in [1.54, 1.807) is 7.05 Å². The third-order valence-electron chi connectivity index (χ3n) is 2.50. The van der Waals surface area contributed by atoms with Crippen molar-refractivity contribution in [2.45, 2.75) is 0 Å². The number of hydrogen-bond acceptors (Lipinski definition) is 6. The molecule has 1 N–H and O–H groups in total. The van der Waals surface area contributed by atoms with E-state index in [0.717, 1.165) is 0 Å². The molecule has 0 aromatic carbocycles. The molecule has 0 amide bonds. The molecule has 0 saturated carbocycles. The fourth-order valence-electron chi connectivity index (χ4n) is 1.68. The van der Waals surface area contributed by atoms with E-state index in [1.807, 2.05) is 0 Å². The van der Waals surface area contributed by atoms with E-state index in [1.165, 1.54) is 30.5 Å². The predicted molar refractivity (Wildman–Crippen MR) is 62.2 cm³/mol. The molecule has 2 aromatic heterocycles. The molecular weight excluding hydrogens is 236 g/mol. The van der Waals surface area contributed by atoms with Gasteiger partial charge in [0.05, 0.1) is 25.1 Å². The van der Waals surface area contributed by atoms with Gasteiger partial charge in [0.2, 0.25) is 5.78 Å². The number of ether oxygens (including phenoxy) is 1. The van der Waals surface area contributed by atoms with Gasteiger partial charge in [-0.3, -0.25) is 9.48 Å². The van der Waals surface area contributed by atoms with Crippen molar-refractivity contribution in [3.63, 3.8) is 0 Å². The van der Waals surface area contributed by atoms with E-state index in [-0.39, 0.29) is 5.69 Å². The number of aromatic nitrogens is 4. The lowest BCUT2D eigenvalue weighted by Crippen LogP contribution is -2.12. The molecule has 0 radical (unpaired) electrons. The molecule has 2 rings (SSSR count). The average Bonchev–Trinajstić information content (AvgIpc) is 2.79. The van der Waals surface area contributed by atoms with Gasteiger partial charge in [0.25, 0.3) is 0 Å². The van der Waals surface area contributed by atoms with Crippen LogP contribution < -0.4 is 4.74 Å². The summed E-state index contributed by atoms with van der Waals surface area (Å²) in [5, 5.41) is 13.0. The van der Waals surface area contributed by atoms with Crippen molar-refractivity contribution < 1.29 is 14.6 Å². The first-order chi connectivity index (χ1) is 8.69. The zero-order valence-electron chi connectivity index (χ0n) is 9.99. The SMILES string of the molecule is COc1cncnc1-c1cnn(C)c1C(=O)CO. The van der Waals surface area contributed by atoms with E-state index in [2.05, 4.69) is 15.1 Å². The fourth-order valence-corrected chi connectivity index (χ4v) is 1.68. The quantitative estimate of drug-likeness (QED) is 0.769. The van der Waals surface area contributed by atoms with Crippen LogP contribution in [-0.2, 0) is 7.05 Å². The Labute approximate surface area is 103 Å². The van der Waals surface area contributed by atoms with Crippen molar-refractivity contribution in [1.82, 2.24) is 19.7 Å². The summed E-state index contributed by atoms with van der Waals surface area (Å²) < 4.78 is 6.54. The van der Waals surface area contributed by atoms with Crippen LogP contribution in [0.4, 0.5) is 0 Å². The molecule has 2 aromatic rings. The molecule has 0 aliphatic carbocycles. The number of aliphatic hydroxyl groups excluding tert-OH is 1. The Kier molecular flexibility index (Phi) is 3.33. The first-order valence-corrected chi connectivity index (χ1v) is 5.19. The summed E-state index contributed by atoms with van der Waals surface area (Å²) in [6.45, 7) is -0.583. The maximum Gasteiger partial charge on any atom is 0.206 e. The van der Waals surface area contributed by atoms with Gasteiger partial charge < -0.3 is 9.84 Å². The number of ketones is 1. The number of methoxy groups -OCH3 is 1. The van der Waals surface area contributed by atoms with Crippen molar-refractivity contribution in [2.24, 2.45) is 7.05 Å². The van der Waals surface area contributed by atoms with Crippen LogP contribution in [-0.4, -0.2) is 44.4 Å². The molecule has 0 aliphatic heterocycles. The van der Waals surface area contributed by atoms with Gasteiger partial charge in [-0.15, -0.1) is 0 Å². The van der Waals surface area contributed by atoms with Crippen LogP contribution in [0.5, 0.6) is 5.75 Å². The average molecular weight is 248 g/mol. The largest absolute Gasteiger partial charge is 0.493 e. The van der Waals surface area contributed by atoms with Gasteiger partial charge in [0.1, 0.15) is 24.3 Å². The molecule has 0 aliphatic rings. The molecule has 7 heteroatoms. The van der Waals surface area contributed by atoms with E-state index in [4.69, 9.17) is 9.84 Å². The van der Waals surface area contributed by atoms with Crippen molar-refractivity contribution >= 4 is 5.78 Å². The molecule has 7 nitrogen and oxygen atoms in total. The highest BCUT2D eigenvalue weighted by Gasteiger charge is 2.20. The molecule has 2 heterocycles. The summed E-state index contributed by atoms with van der Waals surface area (Å²) in [6.07, 6.45) is 4.37. The lowest BCUT2D eigenvalue weighted by molar-refractivity contribution is 0.0895. The van der Waals surface area contributed by atoms with Crippen molar-refractivity contribution in [3.05, 3.63) is 24.4 Å². The van der Waals surface area contributed by atoms with Crippen LogP contribution in [0.25, 0.3) is 11.3 Å². The van der Waals surface area contributed by atoms with Crippen LogP contribution in [0, 0.1) is 0 Å². The number of aliphatic hydroxyl groups is 1. The number of hydrogen-bond donors (Lipinski definition) is 1. The van der Waals surface area contributed by atoms with Crippen LogP contribution >= 0.6 is 0 Å². The highest BCUT2D eigenvalue weighted by molar-refractivity contribution is 6.01. The number of carbonyl (C=O) groups is 1. The van der Waals surface area contributed by atoms with Gasteiger partial charge in [-0.05, 0) is 0 Å². The van der Waals surface area contributed by atoms with Gasteiger partial charge in [-0.2, -0.15) is 5.10 Å². The Balaban J connectivity index is 2.61. The molecular formula is C11H12N4O3. The summed E-state index contributed by atoms with van der Waals surface area (Å²) in [6, 6.07) is 0. The first-order valence-electron chi connectivity index (χ1n) is 5.19. The van der Waals surface area contributed by atoms with Gasteiger partial charge in [0, 0.05) is 7.05 Å². The second-order valence-electron chi connectivity index (χ2n) is 3.55. The Morgan fingerprint density at radius 3 is 2.94 bits per heavy atom. The topological polar surface area (TPSA) is 90.1 Å². The minimum Gasteiger partial charge on any atom is -0.493 e. The number of nitrogens with zero attached hydrogens (tertiary/aromatic N) is 4. The highest BCUT2D eigenvalue weighted by Crippen LogP contribution is 2.29. The summed E-state index contributed by atoms with van der Waals surface area (Å²) in [5.41, 5.74) is 1.27. The Morgan fingerprint density at radius 2 is 2.28 bits per heavy atom. The maximum absolute atomic E-state index is 11.7. The van der Waals surface area contributed by atoms with Gasteiger partial charge in [0.15, 0.2) is 5.75 Å². The standard InChI is InChI=1S/C11H12N4O3/c1-15-11(8(17)5-16)7(3-14-15)10-9(18-2)4-12-6-13-10/h3-4,6,16H,5H2,1-2H3. The van der Waals surface area contributed by atoms with Crippen molar-refractivity contribution in [1.29, 1.82) is 0 Å². The molecule has 0 spiro atoms. The van der Waals surface area contributed by atoms with E-state index in [0.29, 0.717) is 17.0 Å².